The van der Waals surface area contributed by atoms with Crippen molar-refractivity contribution in [2.45, 2.75) is 46.3 Å². The third kappa shape index (κ3) is 5.01. The van der Waals surface area contributed by atoms with Crippen LogP contribution in [0.5, 0.6) is 0 Å². The molecule has 188 valence electrons. The van der Waals surface area contributed by atoms with Gasteiger partial charge in [0.15, 0.2) is 11.2 Å². The molecular formula is C27H31N5O4. The first-order valence-corrected chi connectivity index (χ1v) is 11.9. The lowest BCUT2D eigenvalue weighted by Gasteiger charge is -2.17. The minimum atomic E-state index is -0.586. The number of imidazole rings is 1. The van der Waals surface area contributed by atoms with E-state index in [0.29, 0.717) is 18.8 Å². The molecule has 0 aliphatic carbocycles. The minimum Gasteiger partial charge on any atom is -0.383 e. The quantitative estimate of drug-likeness (QED) is 0.389. The lowest BCUT2D eigenvalue weighted by atomic mass is 9.98. The summed E-state index contributed by atoms with van der Waals surface area (Å²) in [5.41, 5.74) is 2.89. The number of nitrogens with one attached hydrogen (secondary N) is 1. The SMILES string of the molecule is COCCn1cnc2c1c(=O)n(CC(=O)Nc1c(C)cccc1C(C)C)c(=O)n2Cc1ccccc1. The van der Waals surface area contributed by atoms with Gasteiger partial charge in [-0.15, -0.1) is 0 Å². The van der Waals surface area contributed by atoms with Crippen LogP contribution in [0.2, 0.25) is 0 Å². The highest BCUT2D eigenvalue weighted by molar-refractivity contribution is 5.92. The maximum absolute atomic E-state index is 13.5. The fourth-order valence-electron chi connectivity index (χ4n) is 4.31. The number of anilines is 1. The van der Waals surface area contributed by atoms with Crippen molar-refractivity contribution in [3.05, 3.63) is 92.4 Å². The fraction of sp³-hybridized carbons (Fsp3) is 0.333. The first kappa shape index (κ1) is 25.1. The van der Waals surface area contributed by atoms with E-state index in [-0.39, 0.29) is 23.6 Å². The van der Waals surface area contributed by atoms with Crippen LogP contribution in [0.25, 0.3) is 11.2 Å². The number of aryl methyl sites for hydroxylation is 1. The molecule has 0 saturated carbocycles. The van der Waals surface area contributed by atoms with Gasteiger partial charge in [-0.2, -0.15) is 0 Å². The molecule has 2 aromatic carbocycles. The van der Waals surface area contributed by atoms with Crippen LogP contribution < -0.4 is 16.6 Å². The second kappa shape index (κ2) is 10.7. The van der Waals surface area contributed by atoms with E-state index in [4.69, 9.17) is 4.74 Å². The maximum atomic E-state index is 13.5. The first-order valence-electron chi connectivity index (χ1n) is 11.9. The molecule has 1 amide bonds. The Hall–Kier alpha value is -3.98. The molecule has 9 nitrogen and oxygen atoms in total. The molecule has 0 fully saturated rings. The number of carbonyl (C=O) groups is 1. The molecule has 0 radical (unpaired) electrons. The van der Waals surface area contributed by atoms with Gasteiger partial charge in [0, 0.05) is 19.3 Å². The molecule has 0 atom stereocenters. The normalized spacial score (nSPS) is 11.4. The number of amides is 1. The van der Waals surface area contributed by atoms with Crippen LogP contribution in [-0.4, -0.2) is 38.3 Å². The molecule has 1 N–H and O–H groups in total. The zero-order valence-electron chi connectivity index (χ0n) is 21.0. The van der Waals surface area contributed by atoms with Gasteiger partial charge in [0.05, 0.1) is 19.5 Å². The summed E-state index contributed by atoms with van der Waals surface area (Å²) in [6, 6.07) is 15.3. The van der Waals surface area contributed by atoms with E-state index in [9.17, 15) is 14.4 Å². The van der Waals surface area contributed by atoms with Crippen molar-refractivity contribution in [3.8, 4) is 0 Å². The number of hydrogen-bond donors (Lipinski definition) is 1. The van der Waals surface area contributed by atoms with Gasteiger partial charge in [0.1, 0.15) is 6.54 Å². The largest absolute Gasteiger partial charge is 0.383 e. The summed E-state index contributed by atoms with van der Waals surface area (Å²) >= 11 is 0. The molecule has 0 spiro atoms. The summed E-state index contributed by atoms with van der Waals surface area (Å²) in [7, 11) is 1.57. The van der Waals surface area contributed by atoms with Gasteiger partial charge in [-0.05, 0) is 29.5 Å². The third-order valence-electron chi connectivity index (χ3n) is 6.20. The molecular weight excluding hydrogens is 458 g/mol. The average molecular weight is 490 g/mol. The van der Waals surface area contributed by atoms with E-state index in [1.807, 2.05) is 69.3 Å². The Morgan fingerprint density at radius 1 is 1.06 bits per heavy atom. The van der Waals surface area contributed by atoms with Crippen LogP contribution in [0.1, 0.15) is 36.5 Å². The van der Waals surface area contributed by atoms with Crippen LogP contribution >= 0.6 is 0 Å². The Balaban J connectivity index is 1.78. The van der Waals surface area contributed by atoms with E-state index < -0.39 is 23.7 Å². The van der Waals surface area contributed by atoms with Gasteiger partial charge in [-0.25, -0.2) is 14.3 Å². The summed E-state index contributed by atoms with van der Waals surface area (Å²) < 4.78 is 9.25. The molecule has 36 heavy (non-hydrogen) atoms. The number of carbonyl (C=O) groups excluding carboxylic acids is 1. The standard InChI is InChI=1S/C27H31N5O4/c1-18(2)21-12-8-9-19(3)23(21)29-22(33)16-32-26(34)24-25(28-17-30(24)13-14-36-4)31(27(32)35)15-20-10-6-5-7-11-20/h5-12,17-18H,13-16H2,1-4H3,(H,29,33). The predicted molar refractivity (Wildman–Crippen MR) is 140 cm³/mol. The highest BCUT2D eigenvalue weighted by atomic mass is 16.5. The van der Waals surface area contributed by atoms with Gasteiger partial charge < -0.3 is 14.6 Å². The highest BCUT2D eigenvalue weighted by Gasteiger charge is 2.21. The highest BCUT2D eigenvalue weighted by Crippen LogP contribution is 2.27. The number of aromatic nitrogens is 4. The van der Waals surface area contributed by atoms with Gasteiger partial charge in [-0.3, -0.25) is 14.2 Å². The number of rotatable bonds is 9. The molecule has 2 heterocycles. The van der Waals surface area contributed by atoms with Crippen molar-refractivity contribution in [3.63, 3.8) is 0 Å². The Bertz CT molecular complexity index is 1500. The zero-order valence-corrected chi connectivity index (χ0v) is 21.0. The van der Waals surface area contributed by atoms with Crippen molar-refractivity contribution in [1.29, 1.82) is 0 Å². The number of hydrogen-bond acceptors (Lipinski definition) is 5. The van der Waals surface area contributed by atoms with Crippen molar-refractivity contribution in [1.82, 2.24) is 18.7 Å². The Labute approximate surface area is 209 Å². The van der Waals surface area contributed by atoms with E-state index in [2.05, 4.69) is 10.3 Å². The van der Waals surface area contributed by atoms with Gasteiger partial charge in [-0.1, -0.05) is 62.4 Å². The number of benzene rings is 2. The average Bonchev–Trinajstić information content (AvgIpc) is 3.28. The Morgan fingerprint density at radius 3 is 2.50 bits per heavy atom. The monoisotopic (exact) mass is 489 g/mol. The molecule has 0 aliphatic heterocycles. The molecule has 0 aliphatic rings. The first-order chi connectivity index (χ1) is 17.3. The second-order valence-electron chi connectivity index (χ2n) is 9.09. The predicted octanol–water partition coefficient (Wildman–Crippen LogP) is 3.12. The zero-order chi connectivity index (χ0) is 25.8. The molecule has 4 aromatic rings. The van der Waals surface area contributed by atoms with Crippen LogP contribution in [0.4, 0.5) is 5.69 Å². The fourth-order valence-corrected chi connectivity index (χ4v) is 4.31. The van der Waals surface area contributed by atoms with Gasteiger partial charge in [0.2, 0.25) is 5.91 Å². The molecule has 4 rings (SSSR count). The Morgan fingerprint density at radius 2 is 1.81 bits per heavy atom. The molecule has 0 unspecified atom stereocenters. The number of fused-ring (bicyclic) bond motifs is 1. The second-order valence-corrected chi connectivity index (χ2v) is 9.09. The van der Waals surface area contributed by atoms with E-state index in [1.54, 1.807) is 11.7 Å². The van der Waals surface area contributed by atoms with E-state index >= 15 is 0 Å². The van der Waals surface area contributed by atoms with Crippen LogP contribution in [0.3, 0.4) is 0 Å². The third-order valence-corrected chi connectivity index (χ3v) is 6.20. The van der Waals surface area contributed by atoms with Crippen molar-refractivity contribution < 1.29 is 9.53 Å². The smallest absolute Gasteiger partial charge is 0.333 e. The maximum Gasteiger partial charge on any atom is 0.333 e. The number of nitrogens with zero attached hydrogens (tertiary/aromatic N) is 4. The van der Waals surface area contributed by atoms with Crippen molar-refractivity contribution >= 4 is 22.8 Å². The molecule has 0 saturated heterocycles. The Kier molecular flexibility index (Phi) is 7.49. The van der Waals surface area contributed by atoms with Crippen LogP contribution in [0.15, 0.2) is 64.4 Å². The van der Waals surface area contributed by atoms with Gasteiger partial charge in [0.25, 0.3) is 5.56 Å². The summed E-state index contributed by atoms with van der Waals surface area (Å²) in [5.74, 6) is -0.253. The van der Waals surface area contributed by atoms with E-state index in [1.165, 1.54) is 10.9 Å². The lowest BCUT2D eigenvalue weighted by molar-refractivity contribution is -0.116. The number of methoxy groups -OCH3 is 1. The molecule has 9 heteroatoms. The van der Waals surface area contributed by atoms with Crippen molar-refractivity contribution in [2.75, 3.05) is 19.0 Å². The molecule has 2 aromatic heterocycles. The summed E-state index contributed by atoms with van der Waals surface area (Å²) in [4.78, 5) is 44.6. The summed E-state index contributed by atoms with van der Waals surface area (Å²) in [6.07, 6.45) is 1.53. The van der Waals surface area contributed by atoms with Gasteiger partial charge >= 0.3 is 5.69 Å². The lowest BCUT2D eigenvalue weighted by Crippen LogP contribution is -2.43. The minimum absolute atomic E-state index is 0.192. The van der Waals surface area contributed by atoms with Crippen LogP contribution in [-0.2, 0) is 29.2 Å². The summed E-state index contributed by atoms with van der Waals surface area (Å²) in [6.45, 7) is 6.57. The summed E-state index contributed by atoms with van der Waals surface area (Å²) in [5, 5.41) is 2.93. The van der Waals surface area contributed by atoms with Crippen LogP contribution in [0, 0.1) is 6.92 Å². The van der Waals surface area contributed by atoms with E-state index in [0.717, 1.165) is 21.3 Å². The molecule has 0 bridgehead atoms. The van der Waals surface area contributed by atoms with Crippen molar-refractivity contribution in [2.24, 2.45) is 0 Å². The topological polar surface area (TPSA) is 100 Å². The number of ether oxygens (including phenoxy) is 1. The number of para-hydroxylation sites is 1.